The molecule has 18 heavy (non-hydrogen) atoms. The van der Waals surface area contributed by atoms with Gasteiger partial charge in [-0.3, -0.25) is 0 Å². The van der Waals surface area contributed by atoms with Crippen LogP contribution in [0.1, 0.15) is 33.1 Å². The Labute approximate surface area is 121 Å². The van der Waals surface area contributed by atoms with Crippen molar-refractivity contribution in [1.29, 1.82) is 0 Å². The predicted molar refractivity (Wildman–Crippen MR) is 78.7 cm³/mol. The van der Waals surface area contributed by atoms with Gasteiger partial charge in [0.05, 0.1) is 10.7 Å². The summed E-state index contributed by atoms with van der Waals surface area (Å²) in [5, 5.41) is 3.91. The molecule has 1 aromatic rings. The quantitative estimate of drug-likeness (QED) is 0.755. The van der Waals surface area contributed by atoms with Crippen molar-refractivity contribution in [3.63, 3.8) is 0 Å². The van der Waals surface area contributed by atoms with Crippen LogP contribution < -0.4 is 5.32 Å². The van der Waals surface area contributed by atoms with Crippen LogP contribution in [-0.2, 0) is 0 Å². The van der Waals surface area contributed by atoms with Crippen molar-refractivity contribution >= 4 is 33.2 Å². The van der Waals surface area contributed by atoms with Crippen LogP contribution in [0.4, 0.5) is 10.1 Å². The average Bonchev–Trinajstić information content (AvgIpc) is 2.25. The first kappa shape index (κ1) is 14.1. The molecular formula is C14H18BrClFN. The number of hydrogen-bond donors (Lipinski definition) is 1. The normalized spacial score (nSPS) is 28.2. The van der Waals surface area contributed by atoms with Gasteiger partial charge in [-0.25, -0.2) is 4.39 Å². The van der Waals surface area contributed by atoms with Gasteiger partial charge in [-0.05, 0) is 59.2 Å². The molecule has 1 nitrogen and oxygen atoms in total. The van der Waals surface area contributed by atoms with Crippen LogP contribution in [0.15, 0.2) is 16.6 Å². The van der Waals surface area contributed by atoms with Gasteiger partial charge in [0.2, 0.25) is 0 Å². The predicted octanol–water partition coefficient (Wildman–Crippen LogP) is 5.48. The first-order valence-electron chi connectivity index (χ1n) is 6.38. The molecule has 0 amide bonds. The van der Waals surface area contributed by atoms with Gasteiger partial charge in [0, 0.05) is 10.5 Å². The fourth-order valence-electron chi connectivity index (χ4n) is 2.75. The molecule has 3 atom stereocenters. The van der Waals surface area contributed by atoms with E-state index >= 15 is 0 Å². The summed E-state index contributed by atoms with van der Waals surface area (Å²) in [6.07, 6.45) is 3.61. The summed E-state index contributed by atoms with van der Waals surface area (Å²) in [7, 11) is 0. The molecular weight excluding hydrogens is 317 g/mol. The topological polar surface area (TPSA) is 12.0 Å². The van der Waals surface area contributed by atoms with Crippen molar-refractivity contribution in [3.05, 3.63) is 27.4 Å². The summed E-state index contributed by atoms with van der Waals surface area (Å²) in [5.74, 6) is 1.09. The Morgan fingerprint density at radius 2 is 2.06 bits per heavy atom. The third-order valence-corrected chi connectivity index (χ3v) is 4.69. The van der Waals surface area contributed by atoms with Gasteiger partial charge >= 0.3 is 0 Å². The van der Waals surface area contributed by atoms with Crippen LogP contribution >= 0.6 is 27.5 Å². The lowest BCUT2D eigenvalue weighted by molar-refractivity contribution is 0.276. The van der Waals surface area contributed by atoms with Gasteiger partial charge in [0.25, 0.3) is 0 Å². The minimum absolute atomic E-state index is 0.317. The molecule has 100 valence electrons. The highest BCUT2D eigenvalue weighted by atomic mass is 79.9. The lowest BCUT2D eigenvalue weighted by Crippen LogP contribution is -2.33. The van der Waals surface area contributed by atoms with E-state index in [0.29, 0.717) is 21.5 Å². The largest absolute Gasteiger partial charge is 0.380 e. The lowest BCUT2D eigenvalue weighted by Gasteiger charge is -2.34. The maximum atomic E-state index is 13.2. The number of benzene rings is 1. The molecule has 1 aromatic carbocycles. The number of anilines is 1. The highest BCUT2D eigenvalue weighted by molar-refractivity contribution is 9.10. The molecule has 0 aliphatic heterocycles. The van der Waals surface area contributed by atoms with Crippen molar-refractivity contribution < 1.29 is 4.39 Å². The number of hydrogen-bond acceptors (Lipinski definition) is 1. The number of halogens is 3. The fraction of sp³-hybridized carbons (Fsp3) is 0.571. The van der Waals surface area contributed by atoms with Crippen molar-refractivity contribution in [2.24, 2.45) is 11.8 Å². The van der Waals surface area contributed by atoms with Crippen LogP contribution in [0.25, 0.3) is 0 Å². The number of rotatable bonds is 2. The smallest absolute Gasteiger partial charge is 0.125 e. The second-order valence-electron chi connectivity index (χ2n) is 5.39. The Hall–Kier alpha value is -0.280. The first-order valence-corrected chi connectivity index (χ1v) is 7.55. The Morgan fingerprint density at radius 1 is 1.33 bits per heavy atom. The van der Waals surface area contributed by atoms with E-state index in [9.17, 15) is 4.39 Å². The van der Waals surface area contributed by atoms with Crippen molar-refractivity contribution in [2.75, 3.05) is 5.32 Å². The summed E-state index contributed by atoms with van der Waals surface area (Å²) >= 11 is 9.47. The van der Waals surface area contributed by atoms with E-state index in [2.05, 4.69) is 35.1 Å². The standard InChI is InChI=1S/C14H18BrClFN/c1-8-3-4-13(9(2)5-8)18-14-11(15)6-10(17)7-12(14)16/h6-9,13,18H,3-5H2,1-2H3. The van der Waals surface area contributed by atoms with Crippen molar-refractivity contribution in [3.8, 4) is 0 Å². The monoisotopic (exact) mass is 333 g/mol. The Kier molecular flexibility index (Phi) is 4.54. The van der Waals surface area contributed by atoms with E-state index in [1.165, 1.54) is 25.0 Å². The summed E-state index contributed by atoms with van der Waals surface area (Å²) in [6, 6.07) is 3.22. The zero-order valence-corrected chi connectivity index (χ0v) is 13.0. The molecule has 0 spiro atoms. The third kappa shape index (κ3) is 3.18. The minimum atomic E-state index is -0.317. The Bertz CT molecular complexity index is 415. The second kappa shape index (κ2) is 5.79. The van der Waals surface area contributed by atoms with E-state index < -0.39 is 0 Å². The molecule has 0 radical (unpaired) electrons. The van der Waals surface area contributed by atoms with Gasteiger partial charge in [-0.1, -0.05) is 25.4 Å². The van der Waals surface area contributed by atoms with E-state index in [1.807, 2.05) is 0 Å². The van der Waals surface area contributed by atoms with E-state index in [1.54, 1.807) is 0 Å². The lowest BCUT2D eigenvalue weighted by atomic mass is 9.80. The fourth-order valence-corrected chi connectivity index (χ4v) is 3.67. The van der Waals surface area contributed by atoms with Gasteiger partial charge in [-0.2, -0.15) is 0 Å². The van der Waals surface area contributed by atoms with Crippen molar-refractivity contribution in [1.82, 2.24) is 0 Å². The van der Waals surface area contributed by atoms with Crippen LogP contribution in [0.2, 0.25) is 5.02 Å². The zero-order valence-electron chi connectivity index (χ0n) is 10.6. The maximum Gasteiger partial charge on any atom is 0.125 e. The molecule has 0 heterocycles. The molecule has 0 bridgehead atoms. The molecule has 1 fully saturated rings. The SMILES string of the molecule is CC1CCC(Nc2c(Cl)cc(F)cc2Br)C(C)C1. The van der Waals surface area contributed by atoms with Gasteiger partial charge < -0.3 is 5.32 Å². The van der Waals surface area contributed by atoms with Gasteiger partial charge in [0.15, 0.2) is 0 Å². The molecule has 1 N–H and O–H groups in total. The van der Waals surface area contributed by atoms with E-state index in [4.69, 9.17) is 11.6 Å². The maximum absolute atomic E-state index is 13.2. The van der Waals surface area contributed by atoms with Gasteiger partial charge in [0.1, 0.15) is 5.82 Å². The molecule has 3 unspecified atom stereocenters. The molecule has 1 aliphatic carbocycles. The molecule has 0 saturated heterocycles. The average molecular weight is 335 g/mol. The Balaban J connectivity index is 2.14. The molecule has 2 rings (SSSR count). The van der Waals surface area contributed by atoms with Crippen LogP contribution in [-0.4, -0.2) is 6.04 Å². The molecule has 1 saturated carbocycles. The van der Waals surface area contributed by atoms with Crippen LogP contribution in [0, 0.1) is 17.7 Å². The highest BCUT2D eigenvalue weighted by Crippen LogP contribution is 2.36. The summed E-state index contributed by atoms with van der Waals surface area (Å²) in [4.78, 5) is 0. The van der Waals surface area contributed by atoms with E-state index in [0.717, 1.165) is 18.0 Å². The van der Waals surface area contributed by atoms with Crippen LogP contribution in [0.3, 0.4) is 0 Å². The zero-order chi connectivity index (χ0) is 13.3. The summed E-state index contributed by atoms with van der Waals surface area (Å²) < 4.78 is 13.9. The molecule has 4 heteroatoms. The summed E-state index contributed by atoms with van der Waals surface area (Å²) in [5.41, 5.74) is 0.810. The summed E-state index contributed by atoms with van der Waals surface area (Å²) in [6.45, 7) is 4.56. The second-order valence-corrected chi connectivity index (χ2v) is 6.65. The van der Waals surface area contributed by atoms with Crippen LogP contribution in [0.5, 0.6) is 0 Å². The van der Waals surface area contributed by atoms with E-state index in [-0.39, 0.29) is 5.82 Å². The highest BCUT2D eigenvalue weighted by Gasteiger charge is 2.26. The number of nitrogens with one attached hydrogen (secondary N) is 1. The minimum Gasteiger partial charge on any atom is -0.380 e. The van der Waals surface area contributed by atoms with Gasteiger partial charge in [-0.15, -0.1) is 0 Å². The molecule has 1 aliphatic rings. The first-order chi connectivity index (χ1) is 8.47. The van der Waals surface area contributed by atoms with Crippen molar-refractivity contribution in [2.45, 2.75) is 39.2 Å². The third-order valence-electron chi connectivity index (χ3n) is 3.77. The molecule has 0 aromatic heterocycles. The Morgan fingerprint density at radius 3 is 2.67 bits per heavy atom.